The predicted molar refractivity (Wildman–Crippen MR) is 91.5 cm³/mol. The summed E-state index contributed by atoms with van der Waals surface area (Å²) in [6.45, 7) is 6.01. The molecule has 0 aliphatic carbocycles. The van der Waals surface area contributed by atoms with E-state index in [0.29, 0.717) is 17.7 Å². The average Bonchev–Trinajstić information content (AvgIpc) is 2.54. The molecule has 1 unspecified atom stereocenters. The molecule has 1 aromatic carbocycles. The number of ether oxygens (including phenoxy) is 3. The van der Waals surface area contributed by atoms with Crippen molar-refractivity contribution >= 4 is 16.7 Å². The van der Waals surface area contributed by atoms with Gasteiger partial charge in [0.05, 0.1) is 12.7 Å². The van der Waals surface area contributed by atoms with Crippen LogP contribution in [0.1, 0.15) is 26.8 Å². The number of hydrogen-bond acceptors (Lipinski definition) is 5. The van der Waals surface area contributed by atoms with E-state index in [4.69, 9.17) is 14.2 Å². The molecule has 0 saturated carbocycles. The summed E-state index contributed by atoms with van der Waals surface area (Å²) in [6, 6.07) is 6.39. The Hall–Kier alpha value is -2.34. The maximum atomic E-state index is 12.6. The first-order valence-electron chi connectivity index (χ1n) is 7.91. The van der Waals surface area contributed by atoms with Crippen LogP contribution in [0.2, 0.25) is 0 Å². The first kappa shape index (κ1) is 18.0. The average molecular weight is 333 g/mol. The maximum Gasteiger partial charge on any atom is 0.329 e. The second-order valence-electron chi connectivity index (χ2n) is 5.78. The molecule has 0 radical (unpaired) electrons. The molecule has 0 aliphatic rings. The summed E-state index contributed by atoms with van der Waals surface area (Å²) in [5, 5.41) is 1.31. The Kier molecular flexibility index (Phi) is 5.98. The van der Waals surface area contributed by atoms with Crippen molar-refractivity contribution in [2.24, 2.45) is 0 Å². The molecule has 24 heavy (non-hydrogen) atoms. The number of esters is 1. The minimum atomic E-state index is -0.703. The van der Waals surface area contributed by atoms with Gasteiger partial charge in [-0.2, -0.15) is 0 Å². The largest absolute Gasteiger partial charge is 0.491 e. The van der Waals surface area contributed by atoms with Gasteiger partial charge in [0.15, 0.2) is 0 Å². The van der Waals surface area contributed by atoms with Crippen LogP contribution in [0, 0.1) is 0 Å². The third-order valence-corrected chi connectivity index (χ3v) is 3.56. The van der Waals surface area contributed by atoms with Crippen LogP contribution in [0.4, 0.5) is 0 Å². The lowest BCUT2D eigenvalue weighted by Gasteiger charge is -2.15. The van der Waals surface area contributed by atoms with Crippen molar-refractivity contribution in [3.63, 3.8) is 0 Å². The second kappa shape index (κ2) is 7.97. The van der Waals surface area contributed by atoms with Gasteiger partial charge in [-0.3, -0.25) is 4.79 Å². The van der Waals surface area contributed by atoms with Crippen LogP contribution in [-0.4, -0.2) is 37.0 Å². The van der Waals surface area contributed by atoms with E-state index in [9.17, 15) is 9.59 Å². The summed E-state index contributed by atoms with van der Waals surface area (Å²) in [7, 11) is 1.53. The Morgan fingerprint density at radius 3 is 2.58 bits per heavy atom. The molecule has 1 aromatic heterocycles. The molecular weight excluding hydrogens is 310 g/mol. The normalized spacial score (nSPS) is 12.4. The second-order valence-corrected chi connectivity index (χ2v) is 5.78. The summed E-state index contributed by atoms with van der Waals surface area (Å²) in [5.74, 6) is 0.245. The van der Waals surface area contributed by atoms with Crippen molar-refractivity contribution < 1.29 is 19.0 Å². The van der Waals surface area contributed by atoms with Crippen molar-refractivity contribution in [1.29, 1.82) is 0 Å². The molecule has 0 bridgehead atoms. The lowest BCUT2D eigenvalue weighted by molar-refractivity contribution is -0.148. The third-order valence-electron chi connectivity index (χ3n) is 3.56. The van der Waals surface area contributed by atoms with E-state index in [1.54, 1.807) is 31.3 Å². The van der Waals surface area contributed by atoms with Crippen molar-refractivity contribution in [3.05, 3.63) is 40.8 Å². The van der Waals surface area contributed by atoms with Crippen LogP contribution in [0.25, 0.3) is 10.8 Å². The van der Waals surface area contributed by atoms with Crippen molar-refractivity contribution in [1.82, 2.24) is 4.57 Å². The van der Waals surface area contributed by atoms with E-state index in [0.717, 1.165) is 5.39 Å². The quantitative estimate of drug-likeness (QED) is 0.575. The molecule has 2 aromatic rings. The van der Waals surface area contributed by atoms with Crippen LogP contribution in [0.3, 0.4) is 0 Å². The van der Waals surface area contributed by atoms with Crippen LogP contribution >= 0.6 is 0 Å². The Morgan fingerprint density at radius 1 is 1.17 bits per heavy atom. The van der Waals surface area contributed by atoms with Gasteiger partial charge in [0.2, 0.25) is 0 Å². The molecule has 0 fully saturated rings. The van der Waals surface area contributed by atoms with Crippen LogP contribution in [0.5, 0.6) is 5.75 Å². The Morgan fingerprint density at radius 2 is 1.92 bits per heavy atom. The molecule has 0 N–H and O–H groups in total. The SMILES string of the molecule is COCCOC(=O)C(C)n1ccc2cc(OC(C)C)ccc2c1=O. The zero-order valence-electron chi connectivity index (χ0n) is 14.4. The smallest absolute Gasteiger partial charge is 0.329 e. The first-order chi connectivity index (χ1) is 11.4. The zero-order valence-corrected chi connectivity index (χ0v) is 14.4. The van der Waals surface area contributed by atoms with Gasteiger partial charge >= 0.3 is 5.97 Å². The molecule has 6 heteroatoms. The fourth-order valence-electron chi connectivity index (χ4n) is 2.35. The molecule has 0 amide bonds. The number of benzene rings is 1. The van der Waals surface area contributed by atoms with Crippen molar-refractivity contribution in [2.75, 3.05) is 20.3 Å². The molecule has 0 spiro atoms. The summed E-state index contributed by atoms with van der Waals surface area (Å²) >= 11 is 0. The Bertz CT molecular complexity index is 766. The number of rotatable bonds is 7. The summed E-state index contributed by atoms with van der Waals surface area (Å²) in [5.41, 5.74) is -0.236. The highest BCUT2D eigenvalue weighted by molar-refractivity contribution is 5.83. The lowest BCUT2D eigenvalue weighted by Crippen LogP contribution is -2.29. The van der Waals surface area contributed by atoms with Gasteiger partial charge in [0, 0.05) is 18.7 Å². The first-order valence-corrected chi connectivity index (χ1v) is 7.91. The number of hydrogen-bond donors (Lipinski definition) is 0. The van der Waals surface area contributed by atoms with Gasteiger partial charge in [-0.1, -0.05) is 0 Å². The van der Waals surface area contributed by atoms with E-state index in [-0.39, 0.29) is 18.3 Å². The van der Waals surface area contributed by atoms with Gasteiger partial charge in [0.25, 0.3) is 5.56 Å². The monoisotopic (exact) mass is 333 g/mol. The number of carbonyl (C=O) groups is 1. The number of carbonyl (C=O) groups excluding carboxylic acids is 1. The molecular formula is C18H23NO5. The lowest BCUT2D eigenvalue weighted by atomic mass is 10.1. The molecule has 130 valence electrons. The Labute approximate surface area is 140 Å². The van der Waals surface area contributed by atoms with Crippen LogP contribution in [0.15, 0.2) is 35.3 Å². The summed E-state index contributed by atoms with van der Waals surface area (Å²) in [6.07, 6.45) is 1.66. The standard InChI is InChI=1S/C18H23NO5/c1-12(2)24-15-5-6-16-14(11-15)7-8-19(17(16)20)13(3)18(21)23-10-9-22-4/h5-8,11-13H,9-10H2,1-4H3. The third kappa shape index (κ3) is 4.14. The highest BCUT2D eigenvalue weighted by Gasteiger charge is 2.18. The fraction of sp³-hybridized carbons (Fsp3) is 0.444. The van der Waals surface area contributed by atoms with Gasteiger partial charge in [-0.05, 0) is 50.4 Å². The summed E-state index contributed by atoms with van der Waals surface area (Å²) < 4.78 is 16.9. The van der Waals surface area contributed by atoms with Crippen molar-refractivity contribution in [2.45, 2.75) is 32.9 Å². The Balaban J connectivity index is 2.27. The predicted octanol–water partition coefficient (Wildman–Crippen LogP) is 2.54. The van der Waals surface area contributed by atoms with Gasteiger partial charge in [-0.15, -0.1) is 0 Å². The van der Waals surface area contributed by atoms with E-state index < -0.39 is 12.0 Å². The molecule has 6 nitrogen and oxygen atoms in total. The van der Waals surface area contributed by atoms with E-state index in [1.165, 1.54) is 11.7 Å². The molecule has 2 rings (SSSR count). The fourth-order valence-corrected chi connectivity index (χ4v) is 2.35. The molecule has 1 atom stereocenters. The van der Waals surface area contributed by atoms with Gasteiger partial charge in [0.1, 0.15) is 18.4 Å². The minimum Gasteiger partial charge on any atom is -0.491 e. The highest BCUT2D eigenvalue weighted by Crippen LogP contribution is 2.20. The number of nitrogens with zero attached hydrogens (tertiary/aromatic N) is 1. The summed E-state index contributed by atoms with van der Waals surface area (Å²) in [4.78, 5) is 24.7. The molecule has 0 saturated heterocycles. The molecule has 0 aliphatic heterocycles. The molecule has 1 heterocycles. The number of methoxy groups -OCH3 is 1. The minimum absolute atomic E-state index is 0.0599. The number of fused-ring (bicyclic) bond motifs is 1. The number of pyridine rings is 1. The van der Waals surface area contributed by atoms with Crippen LogP contribution < -0.4 is 10.3 Å². The van der Waals surface area contributed by atoms with Crippen LogP contribution in [-0.2, 0) is 14.3 Å². The van der Waals surface area contributed by atoms with Crippen molar-refractivity contribution in [3.8, 4) is 5.75 Å². The zero-order chi connectivity index (χ0) is 17.7. The maximum absolute atomic E-state index is 12.6. The van der Waals surface area contributed by atoms with E-state index in [2.05, 4.69) is 0 Å². The highest BCUT2D eigenvalue weighted by atomic mass is 16.6. The van der Waals surface area contributed by atoms with E-state index in [1.807, 2.05) is 19.9 Å². The van der Waals surface area contributed by atoms with E-state index >= 15 is 0 Å². The number of aromatic nitrogens is 1. The van der Waals surface area contributed by atoms with Gasteiger partial charge in [-0.25, -0.2) is 4.79 Å². The topological polar surface area (TPSA) is 66.8 Å². The van der Waals surface area contributed by atoms with Gasteiger partial charge < -0.3 is 18.8 Å².